The summed E-state index contributed by atoms with van der Waals surface area (Å²) in [5.41, 5.74) is 8.63. The number of rotatable bonds is 3. The molecule has 0 spiro atoms. The van der Waals surface area contributed by atoms with Gasteiger partial charge in [0.2, 0.25) is 5.91 Å². The van der Waals surface area contributed by atoms with E-state index in [4.69, 9.17) is 10.5 Å². The molecule has 2 heterocycles. The topological polar surface area (TPSA) is 84.7 Å². The molecule has 6 nitrogen and oxygen atoms in total. The van der Waals surface area contributed by atoms with Crippen LogP contribution >= 0.6 is 0 Å². The third-order valence-electron chi connectivity index (χ3n) is 5.07. The lowest BCUT2D eigenvalue weighted by Crippen LogP contribution is -2.47. The summed E-state index contributed by atoms with van der Waals surface area (Å²) in [5, 5.41) is 3.16. The zero-order valence-corrected chi connectivity index (χ0v) is 15.0. The van der Waals surface area contributed by atoms with Crippen LogP contribution in [0, 0.1) is 19.8 Å². The Morgan fingerprint density at radius 1 is 1.32 bits per heavy atom. The Labute approximate surface area is 148 Å². The van der Waals surface area contributed by atoms with Crippen molar-refractivity contribution in [2.75, 3.05) is 19.7 Å². The van der Waals surface area contributed by atoms with Crippen LogP contribution in [0.2, 0.25) is 0 Å². The Morgan fingerprint density at radius 3 is 2.88 bits per heavy atom. The van der Waals surface area contributed by atoms with Crippen molar-refractivity contribution in [1.82, 2.24) is 10.2 Å². The molecule has 0 unspecified atom stereocenters. The summed E-state index contributed by atoms with van der Waals surface area (Å²) >= 11 is 0. The van der Waals surface area contributed by atoms with Gasteiger partial charge in [0.05, 0.1) is 12.6 Å². The third kappa shape index (κ3) is 4.06. The van der Waals surface area contributed by atoms with Gasteiger partial charge in [-0.3, -0.25) is 4.79 Å². The van der Waals surface area contributed by atoms with Crippen LogP contribution in [0.1, 0.15) is 48.4 Å². The number of fused-ring (bicyclic) bond motifs is 1. The molecular weight excluding hydrogens is 318 g/mol. The summed E-state index contributed by atoms with van der Waals surface area (Å²) in [6, 6.07) is 4.10. The number of piperidine rings is 1. The van der Waals surface area contributed by atoms with Gasteiger partial charge in [-0.1, -0.05) is 17.7 Å². The number of hydrogen-bond acceptors (Lipinski definition) is 3. The van der Waals surface area contributed by atoms with Gasteiger partial charge < -0.3 is 20.7 Å². The number of carbonyl (C=O) groups excluding carboxylic acids is 2. The number of nitrogens with zero attached hydrogens (tertiary/aromatic N) is 1. The number of nitrogens with one attached hydrogen (secondary N) is 1. The number of hydrogen-bond donors (Lipinski definition) is 2. The molecule has 0 bridgehead atoms. The Hall–Kier alpha value is -2.24. The van der Waals surface area contributed by atoms with E-state index in [1.807, 2.05) is 11.8 Å². The lowest BCUT2D eigenvalue weighted by molar-refractivity contribution is -0.119. The number of likely N-dealkylation sites (tertiary alicyclic amines) is 1. The quantitative estimate of drug-likeness (QED) is 0.882. The molecule has 2 atom stereocenters. The number of carbonyl (C=O) groups is 2. The maximum atomic E-state index is 12.7. The average Bonchev–Trinajstić information content (AvgIpc) is 2.55. The largest absolute Gasteiger partial charge is 0.493 e. The number of urea groups is 1. The highest BCUT2D eigenvalue weighted by molar-refractivity contribution is 5.76. The minimum absolute atomic E-state index is 0.0358. The van der Waals surface area contributed by atoms with E-state index < -0.39 is 0 Å². The predicted molar refractivity (Wildman–Crippen MR) is 95.4 cm³/mol. The lowest BCUT2D eigenvalue weighted by atomic mass is 9.94. The van der Waals surface area contributed by atoms with E-state index in [9.17, 15) is 9.59 Å². The van der Waals surface area contributed by atoms with Crippen LogP contribution in [-0.4, -0.2) is 36.5 Å². The second-order valence-electron chi connectivity index (χ2n) is 7.26. The first-order valence-corrected chi connectivity index (χ1v) is 9.01. The molecule has 6 heteroatoms. The van der Waals surface area contributed by atoms with Crippen LogP contribution in [-0.2, 0) is 4.79 Å². The van der Waals surface area contributed by atoms with Gasteiger partial charge in [-0.2, -0.15) is 0 Å². The molecule has 3 rings (SSSR count). The summed E-state index contributed by atoms with van der Waals surface area (Å²) in [6.07, 6.45) is 2.97. The van der Waals surface area contributed by atoms with Crippen molar-refractivity contribution in [3.63, 3.8) is 0 Å². The molecule has 136 valence electrons. The molecule has 1 aromatic rings. The molecule has 3 N–H and O–H groups in total. The van der Waals surface area contributed by atoms with E-state index >= 15 is 0 Å². The van der Waals surface area contributed by atoms with Crippen molar-refractivity contribution in [3.8, 4) is 5.75 Å². The molecule has 1 saturated heterocycles. The minimum atomic E-state index is -0.295. The summed E-state index contributed by atoms with van der Waals surface area (Å²) in [4.78, 5) is 25.7. The maximum Gasteiger partial charge on any atom is 0.317 e. The van der Waals surface area contributed by atoms with Crippen molar-refractivity contribution in [2.45, 2.75) is 45.6 Å². The van der Waals surface area contributed by atoms with E-state index in [-0.39, 0.29) is 23.9 Å². The minimum Gasteiger partial charge on any atom is -0.493 e. The average molecular weight is 345 g/mol. The zero-order chi connectivity index (χ0) is 18.0. The van der Waals surface area contributed by atoms with E-state index in [1.165, 1.54) is 5.56 Å². The molecule has 0 aromatic heterocycles. The Bertz CT molecular complexity index is 674. The molecule has 0 aliphatic carbocycles. The van der Waals surface area contributed by atoms with E-state index in [0.717, 1.165) is 42.7 Å². The Morgan fingerprint density at radius 2 is 2.12 bits per heavy atom. The lowest BCUT2D eigenvalue weighted by Gasteiger charge is -2.35. The van der Waals surface area contributed by atoms with Gasteiger partial charge in [-0.05, 0) is 38.2 Å². The highest BCUT2D eigenvalue weighted by Crippen LogP contribution is 2.36. The standard InChI is InChI=1S/C19H27N3O3/c1-12-8-13(2)18-15(9-12)16(5-7-25-18)21-19(24)22-6-3-4-14(11-22)10-17(20)23/h8-9,14,16H,3-7,10-11H2,1-2H3,(H2,20,23)(H,21,24)/t14-,16+/m0/s1. The van der Waals surface area contributed by atoms with Crippen LogP contribution in [0.15, 0.2) is 12.1 Å². The fraction of sp³-hybridized carbons (Fsp3) is 0.579. The van der Waals surface area contributed by atoms with Gasteiger partial charge in [0, 0.05) is 31.5 Å². The fourth-order valence-corrected chi connectivity index (χ4v) is 3.97. The van der Waals surface area contributed by atoms with Gasteiger partial charge in [0.15, 0.2) is 0 Å². The van der Waals surface area contributed by atoms with Crippen LogP contribution in [0.5, 0.6) is 5.75 Å². The molecule has 2 aliphatic heterocycles. The smallest absolute Gasteiger partial charge is 0.317 e. The molecule has 0 radical (unpaired) electrons. The van der Waals surface area contributed by atoms with Gasteiger partial charge in [0.25, 0.3) is 0 Å². The Kier molecular flexibility index (Phi) is 5.16. The fourth-order valence-electron chi connectivity index (χ4n) is 3.97. The molecule has 1 aromatic carbocycles. The van der Waals surface area contributed by atoms with E-state index in [2.05, 4.69) is 24.4 Å². The first kappa shape index (κ1) is 17.6. The molecule has 25 heavy (non-hydrogen) atoms. The Balaban J connectivity index is 1.69. The third-order valence-corrected chi connectivity index (χ3v) is 5.07. The highest BCUT2D eigenvalue weighted by atomic mass is 16.5. The van der Waals surface area contributed by atoms with Crippen molar-refractivity contribution in [1.29, 1.82) is 0 Å². The maximum absolute atomic E-state index is 12.7. The SMILES string of the molecule is Cc1cc(C)c2c(c1)[C@H](NC(=O)N1CCC[C@@H](CC(N)=O)C1)CCO2. The number of benzene rings is 1. The summed E-state index contributed by atoms with van der Waals surface area (Å²) in [6.45, 7) is 6.02. The summed E-state index contributed by atoms with van der Waals surface area (Å²) in [5.74, 6) is 0.771. The number of amides is 3. The first-order valence-electron chi connectivity index (χ1n) is 9.01. The van der Waals surface area contributed by atoms with Gasteiger partial charge in [-0.25, -0.2) is 4.79 Å². The predicted octanol–water partition coefficient (Wildman–Crippen LogP) is 2.42. The molecule has 0 saturated carbocycles. The normalized spacial score (nSPS) is 22.7. The van der Waals surface area contributed by atoms with Crippen molar-refractivity contribution in [2.24, 2.45) is 11.7 Å². The monoisotopic (exact) mass is 345 g/mol. The van der Waals surface area contributed by atoms with Crippen molar-refractivity contribution < 1.29 is 14.3 Å². The highest BCUT2D eigenvalue weighted by Gasteiger charge is 2.29. The van der Waals surface area contributed by atoms with Crippen LogP contribution in [0.3, 0.4) is 0 Å². The van der Waals surface area contributed by atoms with Crippen LogP contribution in [0.4, 0.5) is 4.79 Å². The van der Waals surface area contributed by atoms with Crippen LogP contribution < -0.4 is 15.8 Å². The first-order chi connectivity index (χ1) is 11.9. The van der Waals surface area contributed by atoms with Crippen molar-refractivity contribution >= 4 is 11.9 Å². The number of aryl methyl sites for hydroxylation is 2. The number of ether oxygens (including phenoxy) is 1. The van der Waals surface area contributed by atoms with Gasteiger partial charge >= 0.3 is 6.03 Å². The van der Waals surface area contributed by atoms with E-state index in [0.29, 0.717) is 19.6 Å². The molecular formula is C19H27N3O3. The van der Waals surface area contributed by atoms with Crippen LogP contribution in [0.25, 0.3) is 0 Å². The number of primary amides is 1. The summed E-state index contributed by atoms with van der Waals surface area (Å²) in [7, 11) is 0. The van der Waals surface area contributed by atoms with Crippen molar-refractivity contribution in [3.05, 3.63) is 28.8 Å². The number of nitrogens with two attached hydrogens (primary N) is 1. The van der Waals surface area contributed by atoms with E-state index in [1.54, 1.807) is 0 Å². The summed E-state index contributed by atoms with van der Waals surface area (Å²) < 4.78 is 5.81. The van der Waals surface area contributed by atoms with Gasteiger partial charge in [0.1, 0.15) is 5.75 Å². The molecule has 2 aliphatic rings. The second-order valence-corrected chi connectivity index (χ2v) is 7.26. The molecule has 3 amide bonds. The zero-order valence-electron chi connectivity index (χ0n) is 15.0. The van der Waals surface area contributed by atoms with Gasteiger partial charge in [-0.15, -0.1) is 0 Å². The second kappa shape index (κ2) is 7.33. The molecule has 1 fully saturated rings.